The Kier molecular flexibility index (Phi) is 3.04. The van der Waals surface area contributed by atoms with E-state index in [2.05, 4.69) is 16.7 Å². The Labute approximate surface area is 127 Å². The topological polar surface area (TPSA) is 17.3 Å². The maximum absolute atomic E-state index is 6.24. The molecule has 4 rings (SSSR count). The van der Waals surface area contributed by atoms with Gasteiger partial charge < -0.3 is 0 Å². The third kappa shape index (κ3) is 2.05. The molecule has 0 aliphatic heterocycles. The van der Waals surface area contributed by atoms with E-state index in [1.807, 2.05) is 18.2 Å². The monoisotopic (exact) mass is 302 g/mol. The predicted octanol–water partition coefficient (Wildman–Crippen LogP) is 4.52. The van der Waals surface area contributed by atoms with Gasteiger partial charge in [-0.1, -0.05) is 29.8 Å². The van der Waals surface area contributed by atoms with Crippen LogP contribution in [-0.2, 0) is 19.3 Å². The highest BCUT2D eigenvalue weighted by Crippen LogP contribution is 2.29. The summed E-state index contributed by atoms with van der Waals surface area (Å²) in [4.78, 5) is 7.25. The number of imidazole rings is 1. The van der Waals surface area contributed by atoms with Gasteiger partial charge >= 0.3 is 0 Å². The maximum atomic E-state index is 6.24. The molecule has 2 heterocycles. The van der Waals surface area contributed by atoms with Crippen LogP contribution < -0.4 is 0 Å². The largest absolute Gasteiger partial charge is 0.294 e. The molecule has 1 aliphatic rings. The molecule has 0 spiro atoms. The molecule has 2 aromatic heterocycles. The molecule has 0 radical (unpaired) electrons. The van der Waals surface area contributed by atoms with Gasteiger partial charge in [0, 0.05) is 28.2 Å². The van der Waals surface area contributed by atoms with E-state index in [1.54, 1.807) is 11.3 Å². The smallest absolute Gasteiger partial charge is 0.194 e. The van der Waals surface area contributed by atoms with Crippen molar-refractivity contribution < 1.29 is 0 Å². The van der Waals surface area contributed by atoms with Crippen molar-refractivity contribution in [2.24, 2.45) is 0 Å². The zero-order chi connectivity index (χ0) is 13.5. The van der Waals surface area contributed by atoms with Crippen LogP contribution in [0.3, 0.4) is 0 Å². The van der Waals surface area contributed by atoms with Gasteiger partial charge in [0.25, 0.3) is 0 Å². The Hall–Kier alpha value is -1.32. The molecule has 0 unspecified atom stereocenters. The minimum absolute atomic E-state index is 0.848. The van der Waals surface area contributed by atoms with E-state index in [1.165, 1.54) is 41.1 Å². The molecule has 0 atom stereocenters. The standard InChI is InChI=1S/C16H15ClN2S/c17-13-6-2-1-5-11(13)9-12-10-19-15-8-4-3-7-14(15)18-16(19)20-12/h1-2,5-6,10H,3-4,7-9H2. The number of hydrogen-bond donors (Lipinski definition) is 0. The quantitative estimate of drug-likeness (QED) is 0.680. The van der Waals surface area contributed by atoms with Gasteiger partial charge in [-0.2, -0.15) is 0 Å². The first-order valence-corrected chi connectivity index (χ1v) is 8.22. The number of rotatable bonds is 2. The second-order valence-corrected chi connectivity index (χ2v) is 6.83. The van der Waals surface area contributed by atoms with Gasteiger partial charge in [0.1, 0.15) is 0 Å². The molecule has 20 heavy (non-hydrogen) atoms. The molecule has 0 N–H and O–H groups in total. The molecule has 1 aliphatic carbocycles. The van der Waals surface area contributed by atoms with Crippen molar-refractivity contribution in [2.45, 2.75) is 32.1 Å². The van der Waals surface area contributed by atoms with Crippen molar-refractivity contribution in [3.05, 3.63) is 57.3 Å². The van der Waals surface area contributed by atoms with E-state index in [0.717, 1.165) is 22.8 Å². The van der Waals surface area contributed by atoms with Gasteiger partial charge in [-0.05, 0) is 37.3 Å². The van der Waals surface area contributed by atoms with Crippen LogP contribution in [0.2, 0.25) is 5.02 Å². The minimum atomic E-state index is 0.848. The van der Waals surface area contributed by atoms with Crippen molar-refractivity contribution in [3.8, 4) is 0 Å². The van der Waals surface area contributed by atoms with Crippen molar-refractivity contribution in [1.29, 1.82) is 0 Å². The lowest BCUT2D eigenvalue weighted by molar-refractivity contribution is 0.660. The van der Waals surface area contributed by atoms with Crippen molar-refractivity contribution in [2.75, 3.05) is 0 Å². The summed E-state index contributed by atoms with van der Waals surface area (Å²) < 4.78 is 2.30. The zero-order valence-electron chi connectivity index (χ0n) is 11.1. The molecule has 0 fully saturated rings. The summed E-state index contributed by atoms with van der Waals surface area (Å²) in [6, 6.07) is 8.07. The molecule has 2 nitrogen and oxygen atoms in total. The Bertz CT molecular complexity index is 772. The van der Waals surface area contributed by atoms with Gasteiger partial charge in [-0.25, -0.2) is 4.98 Å². The molecular weight excluding hydrogens is 288 g/mol. The first-order valence-electron chi connectivity index (χ1n) is 7.03. The third-order valence-corrected chi connectivity index (χ3v) is 5.31. The van der Waals surface area contributed by atoms with Crippen LogP contribution in [0, 0.1) is 0 Å². The lowest BCUT2D eigenvalue weighted by Crippen LogP contribution is -2.03. The van der Waals surface area contributed by atoms with Crippen LogP contribution in [0.25, 0.3) is 4.96 Å². The Morgan fingerprint density at radius 2 is 2.05 bits per heavy atom. The summed E-state index contributed by atoms with van der Waals surface area (Å²) in [5.41, 5.74) is 3.92. The van der Waals surface area contributed by atoms with Gasteiger partial charge in [0.05, 0.1) is 5.69 Å². The normalized spacial score (nSPS) is 14.7. The Morgan fingerprint density at radius 3 is 2.95 bits per heavy atom. The highest BCUT2D eigenvalue weighted by Gasteiger charge is 2.18. The Balaban J connectivity index is 1.71. The summed E-state index contributed by atoms with van der Waals surface area (Å²) in [5.74, 6) is 0. The van der Waals surface area contributed by atoms with Gasteiger partial charge in [0.15, 0.2) is 4.96 Å². The second kappa shape index (κ2) is 4.90. The fraction of sp³-hybridized carbons (Fsp3) is 0.312. The zero-order valence-corrected chi connectivity index (χ0v) is 12.7. The van der Waals surface area contributed by atoms with Crippen molar-refractivity contribution >= 4 is 27.9 Å². The van der Waals surface area contributed by atoms with Crippen LogP contribution in [0.1, 0.15) is 34.7 Å². The molecule has 0 saturated heterocycles. The van der Waals surface area contributed by atoms with Crippen LogP contribution in [0.4, 0.5) is 0 Å². The second-order valence-electron chi connectivity index (χ2n) is 5.33. The average molecular weight is 303 g/mol. The number of nitrogens with zero attached hydrogens (tertiary/aromatic N) is 2. The van der Waals surface area contributed by atoms with Crippen LogP contribution in [0.5, 0.6) is 0 Å². The SMILES string of the molecule is Clc1ccccc1Cc1cn2c3c(nc2s1)CCCC3. The fourth-order valence-electron chi connectivity index (χ4n) is 2.94. The highest BCUT2D eigenvalue weighted by molar-refractivity contribution is 7.17. The van der Waals surface area contributed by atoms with E-state index in [-0.39, 0.29) is 0 Å². The van der Waals surface area contributed by atoms with Crippen molar-refractivity contribution in [3.63, 3.8) is 0 Å². The molecular formula is C16H15ClN2S. The first-order chi connectivity index (χ1) is 9.81. The Morgan fingerprint density at radius 1 is 1.20 bits per heavy atom. The molecule has 0 amide bonds. The summed E-state index contributed by atoms with van der Waals surface area (Å²) in [6.45, 7) is 0. The molecule has 102 valence electrons. The van der Waals surface area contributed by atoms with Crippen LogP contribution in [-0.4, -0.2) is 9.38 Å². The molecule has 3 aromatic rings. The number of thiazole rings is 1. The predicted molar refractivity (Wildman–Crippen MR) is 84.0 cm³/mol. The fourth-order valence-corrected chi connectivity index (χ4v) is 4.18. The minimum Gasteiger partial charge on any atom is -0.294 e. The van der Waals surface area contributed by atoms with Gasteiger partial charge in [0.2, 0.25) is 0 Å². The summed E-state index contributed by atoms with van der Waals surface area (Å²) in [7, 11) is 0. The van der Waals surface area contributed by atoms with Gasteiger partial charge in [-0.3, -0.25) is 4.40 Å². The lowest BCUT2D eigenvalue weighted by Gasteiger charge is -2.09. The molecule has 0 bridgehead atoms. The lowest BCUT2D eigenvalue weighted by atomic mass is 10.0. The third-order valence-electron chi connectivity index (χ3n) is 3.96. The summed E-state index contributed by atoms with van der Waals surface area (Å²) in [5, 5.41) is 0.848. The number of benzene rings is 1. The highest BCUT2D eigenvalue weighted by atomic mass is 35.5. The van der Waals surface area contributed by atoms with E-state index >= 15 is 0 Å². The summed E-state index contributed by atoms with van der Waals surface area (Å²) >= 11 is 8.03. The number of hydrogen-bond acceptors (Lipinski definition) is 2. The van der Waals surface area contributed by atoms with E-state index in [0.29, 0.717) is 0 Å². The van der Waals surface area contributed by atoms with Gasteiger partial charge in [-0.15, -0.1) is 11.3 Å². The van der Waals surface area contributed by atoms with E-state index < -0.39 is 0 Å². The molecule has 4 heteroatoms. The number of fused-ring (bicyclic) bond motifs is 3. The number of aryl methyl sites for hydroxylation is 2. The maximum Gasteiger partial charge on any atom is 0.194 e. The van der Waals surface area contributed by atoms with Crippen molar-refractivity contribution in [1.82, 2.24) is 9.38 Å². The number of halogens is 1. The average Bonchev–Trinajstić information content (AvgIpc) is 2.98. The molecule has 1 aromatic carbocycles. The first kappa shape index (κ1) is 12.4. The number of aromatic nitrogens is 2. The van der Waals surface area contributed by atoms with E-state index in [4.69, 9.17) is 16.6 Å². The molecule has 0 saturated carbocycles. The van der Waals surface area contributed by atoms with Crippen LogP contribution >= 0.6 is 22.9 Å². The van der Waals surface area contributed by atoms with Crippen LogP contribution in [0.15, 0.2) is 30.5 Å². The van der Waals surface area contributed by atoms with E-state index in [9.17, 15) is 0 Å². The summed E-state index contributed by atoms with van der Waals surface area (Å²) in [6.07, 6.45) is 8.02.